The number of nitrogens with zero attached hydrogens (tertiary/aromatic N) is 2. The van der Waals surface area contributed by atoms with Crippen LogP contribution < -0.4 is 4.74 Å². The van der Waals surface area contributed by atoms with Gasteiger partial charge in [0, 0.05) is 11.1 Å². The van der Waals surface area contributed by atoms with Crippen LogP contribution in [-0.2, 0) is 6.61 Å². The van der Waals surface area contributed by atoms with Crippen molar-refractivity contribution in [1.82, 2.24) is 4.98 Å². The van der Waals surface area contributed by atoms with Crippen molar-refractivity contribution in [3.63, 3.8) is 0 Å². The van der Waals surface area contributed by atoms with Gasteiger partial charge in [0.2, 0.25) is 5.88 Å². The molecule has 0 atom stereocenters. The zero-order valence-electron chi connectivity index (χ0n) is 11.1. The standard InChI is InChI=1S/C14H7Cl5N2O/c1-6-2-3-7(4-20)21-14(6)22-5-8-9(15)11(17)13(19)12(18)10(8)16/h2-3H,5H2,1H3. The van der Waals surface area contributed by atoms with Crippen LogP contribution in [0.1, 0.15) is 16.8 Å². The Hall–Kier alpha value is -0.890. The third kappa shape index (κ3) is 3.37. The molecule has 8 heteroatoms. The van der Waals surface area contributed by atoms with E-state index < -0.39 is 0 Å². The Morgan fingerprint density at radius 1 is 1.00 bits per heavy atom. The van der Waals surface area contributed by atoms with Gasteiger partial charge in [0.1, 0.15) is 18.4 Å². The molecule has 22 heavy (non-hydrogen) atoms. The molecule has 0 fully saturated rings. The van der Waals surface area contributed by atoms with Crippen molar-refractivity contribution in [2.75, 3.05) is 0 Å². The lowest BCUT2D eigenvalue weighted by molar-refractivity contribution is 0.291. The normalized spacial score (nSPS) is 10.4. The molecule has 2 aromatic rings. The quantitative estimate of drug-likeness (QED) is 0.465. The van der Waals surface area contributed by atoms with Crippen molar-refractivity contribution in [1.29, 1.82) is 5.26 Å². The average Bonchev–Trinajstić information content (AvgIpc) is 2.52. The monoisotopic (exact) mass is 394 g/mol. The van der Waals surface area contributed by atoms with Crippen LogP contribution in [0.4, 0.5) is 0 Å². The molecular formula is C14H7Cl5N2O. The van der Waals surface area contributed by atoms with E-state index in [0.717, 1.165) is 5.56 Å². The fourth-order valence-electron chi connectivity index (χ4n) is 1.64. The van der Waals surface area contributed by atoms with E-state index in [1.165, 1.54) is 0 Å². The van der Waals surface area contributed by atoms with Crippen LogP contribution in [0.5, 0.6) is 5.88 Å². The molecule has 2 rings (SSSR count). The van der Waals surface area contributed by atoms with E-state index in [0.29, 0.717) is 11.4 Å². The number of hydrogen-bond acceptors (Lipinski definition) is 3. The molecule has 0 saturated heterocycles. The van der Waals surface area contributed by atoms with Gasteiger partial charge < -0.3 is 4.74 Å². The average molecular weight is 396 g/mol. The fourth-order valence-corrected chi connectivity index (χ4v) is 2.92. The molecule has 0 aliphatic heterocycles. The van der Waals surface area contributed by atoms with Crippen LogP contribution in [-0.4, -0.2) is 4.98 Å². The lowest BCUT2D eigenvalue weighted by Crippen LogP contribution is -2.02. The summed E-state index contributed by atoms with van der Waals surface area (Å²) in [6.45, 7) is 1.78. The maximum absolute atomic E-state index is 8.87. The molecule has 1 aromatic carbocycles. The Morgan fingerprint density at radius 3 is 2.09 bits per heavy atom. The van der Waals surface area contributed by atoms with Crippen LogP contribution >= 0.6 is 58.0 Å². The van der Waals surface area contributed by atoms with Gasteiger partial charge >= 0.3 is 0 Å². The Kier molecular flexibility index (Phi) is 5.65. The number of ether oxygens (including phenoxy) is 1. The molecule has 0 radical (unpaired) electrons. The lowest BCUT2D eigenvalue weighted by Gasteiger charge is -2.14. The molecule has 0 N–H and O–H groups in total. The van der Waals surface area contributed by atoms with E-state index in [4.69, 9.17) is 68.0 Å². The van der Waals surface area contributed by atoms with Gasteiger partial charge in [-0.15, -0.1) is 0 Å². The first kappa shape index (κ1) is 17.5. The Labute approximate surface area is 152 Å². The molecule has 0 aliphatic carbocycles. The smallest absolute Gasteiger partial charge is 0.217 e. The highest BCUT2D eigenvalue weighted by Crippen LogP contribution is 2.44. The molecule has 1 aromatic heterocycles. The Balaban J connectivity index is 2.36. The van der Waals surface area contributed by atoms with Gasteiger partial charge in [-0.25, -0.2) is 4.98 Å². The summed E-state index contributed by atoms with van der Waals surface area (Å²) in [6, 6.07) is 5.26. The number of hydrogen-bond donors (Lipinski definition) is 0. The zero-order valence-corrected chi connectivity index (χ0v) is 14.8. The van der Waals surface area contributed by atoms with E-state index in [1.54, 1.807) is 19.1 Å². The van der Waals surface area contributed by atoms with E-state index >= 15 is 0 Å². The molecule has 114 valence electrons. The van der Waals surface area contributed by atoms with Gasteiger partial charge in [-0.3, -0.25) is 0 Å². The van der Waals surface area contributed by atoms with Crippen molar-refractivity contribution in [2.24, 2.45) is 0 Å². The summed E-state index contributed by atoms with van der Waals surface area (Å²) in [7, 11) is 0. The largest absolute Gasteiger partial charge is 0.472 e. The summed E-state index contributed by atoms with van der Waals surface area (Å²) in [4.78, 5) is 4.07. The summed E-state index contributed by atoms with van der Waals surface area (Å²) in [5.74, 6) is 0.299. The highest BCUT2D eigenvalue weighted by atomic mass is 35.5. The van der Waals surface area contributed by atoms with E-state index in [1.807, 2.05) is 6.07 Å². The maximum Gasteiger partial charge on any atom is 0.217 e. The van der Waals surface area contributed by atoms with Crippen LogP contribution in [0.25, 0.3) is 0 Å². The summed E-state index contributed by atoms with van der Waals surface area (Å²) < 4.78 is 5.59. The van der Waals surface area contributed by atoms with Crippen LogP contribution in [0.3, 0.4) is 0 Å². The molecule has 0 unspecified atom stereocenters. The summed E-state index contributed by atoms with van der Waals surface area (Å²) in [6.07, 6.45) is 0. The number of rotatable bonds is 3. The van der Waals surface area contributed by atoms with Crippen molar-refractivity contribution in [2.45, 2.75) is 13.5 Å². The third-order valence-electron chi connectivity index (χ3n) is 2.82. The number of benzene rings is 1. The van der Waals surface area contributed by atoms with Gasteiger partial charge in [0.25, 0.3) is 0 Å². The Morgan fingerprint density at radius 2 is 1.55 bits per heavy atom. The second-order valence-corrected chi connectivity index (χ2v) is 6.16. The van der Waals surface area contributed by atoms with Gasteiger partial charge in [-0.05, 0) is 13.0 Å². The van der Waals surface area contributed by atoms with E-state index in [9.17, 15) is 0 Å². The third-order valence-corrected chi connectivity index (χ3v) is 5.17. The number of pyridine rings is 1. The van der Waals surface area contributed by atoms with Crippen molar-refractivity contribution >= 4 is 58.0 Å². The lowest BCUT2D eigenvalue weighted by atomic mass is 10.2. The fraction of sp³-hybridized carbons (Fsp3) is 0.143. The van der Waals surface area contributed by atoms with E-state index in [2.05, 4.69) is 4.98 Å². The second kappa shape index (κ2) is 7.12. The number of nitriles is 1. The first-order valence-electron chi connectivity index (χ1n) is 5.87. The van der Waals surface area contributed by atoms with Gasteiger partial charge in [-0.1, -0.05) is 64.1 Å². The molecular weight excluding hydrogens is 389 g/mol. The highest BCUT2D eigenvalue weighted by Gasteiger charge is 2.20. The molecule has 0 aliphatic rings. The van der Waals surface area contributed by atoms with Gasteiger partial charge in [0.05, 0.1) is 25.1 Å². The molecule has 0 bridgehead atoms. The van der Waals surface area contributed by atoms with E-state index in [-0.39, 0.29) is 37.4 Å². The first-order chi connectivity index (χ1) is 10.4. The number of aromatic nitrogens is 1. The molecule has 3 nitrogen and oxygen atoms in total. The van der Waals surface area contributed by atoms with Crippen molar-refractivity contribution in [3.05, 3.63) is 54.1 Å². The predicted octanol–water partition coefficient (Wildman–Crippen LogP) is 6.11. The number of aryl methyl sites for hydroxylation is 1. The maximum atomic E-state index is 8.87. The first-order valence-corrected chi connectivity index (χ1v) is 7.76. The van der Waals surface area contributed by atoms with Crippen LogP contribution in [0.15, 0.2) is 12.1 Å². The van der Waals surface area contributed by atoms with Gasteiger partial charge in [0.15, 0.2) is 0 Å². The predicted molar refractivity (Wildman–Crippen MR) is 89.5 cm³/mol. The van der Waals surface area contributed by atoms with Crippen molar-refractivity contribution < 1.29 is 4.74 Å². The molecule has 0 spiro atoms. The summed E-state index contributed by atoms with van der Waals surface area (Å²) in [5.41, 5.74) is 1.40. The zero-order chi connectivity index (χ0) is 16.4. The summed E-state index contributed by atoms with van der Waals surface area (Å²) >= 11 is 30.2. The Bertz CT molecular complexity index is 757. The molecule has 0 saturated carbocycles. The minimum atomic E-state index is -0.0169. The molecule has 1 heterocycles. The topological polar surface area (TPSA) is 45.9 Å². The second-order valence-electron chi connectivity index (χ2n) is 4.27. The number of halogens is 5. The summed E-state index contributed by atoms with van der Waals surface area (Å²) in [5, 5.41) is 9.49. The van der Waals surface area contributed by atoms with Crippen molar-refractivity contribution in [3.8, 4) is 11.9 Å². The molecule has 0 amide bonds. The van der Waals surface area contributed by atoms with Crippen LogP contribution in [0, 0.1) is 18.3 Å². The van der Waals surface area contributed by atoms with Gasteiger partial charge in [-0.2, -0.15) is 5.26 Å². The minimum Gasteiger partial charge on any atom is -0.472 e. The van der Waals surface area contributed by atoms with Crippen LogP contribution in [0.2, 0.25) is 25.1 Å². The minimum absolute atomic E-state index is 0.0169. The highest BCUT2D eigenvalue weighted by molar-refractivity contribution is 6.55. The SMILES string of the molecule is Cc1ccc(C#N)nc1OCc1c(Cl)c(Cl)c(Cl)c(Cl)c1Cl.